The molecule has 2 aliphatic heterocycles. The smallest absolute Gasteiger partial charge is 0.225 e. The highest BCUT2D eigenvalue weighted by Crippen LogP contribution is 2.26. The summed E-state index contributed by atoms with van der Waals surface area (Å²) in [7, 11) is 0. The second-order valence-corrected chi connectivity index (χ2v) is 9.35. The second kappa shape index (κ2) is 9.38. The molecule has 8 nitrogen and oxygen atoms in total. The van der Waals surface area contributed by atoms with Crippen LogP contribution in [0.1, 0.15) is 31.2 Å². The number of fused-ring (bicyclic) bond motifs is 1. The van der Waals surface area contributed by atoms with Gasteiger partial charge in [-0.05, 0) is 68.6 Å². The van der Waals surface area contributed by atoms with Crippen LogP contribution >= 0.6 is 11.7 Å². The van der Waals surface area contributed by atoms with E-state index in [1.54, 1.807) is 6.20 Å². The summed E-state index contributed by atoms with van der Waals surface area (Å²) in [5.74, 6) is 1.04. The lowest BCUT2D eigenvalue weighted by Gasteiger charge is -2.37. The van der Waals surface area contributed by atoms with E-state index in [4.69, 9.17) is 5.73 Å². The van der Waals surface area contributed by atoms with Crippen LogP contribution in [0, 0.1) is 5.92 Å². The average molecular weight is 452 g/mol. The number of hydrogen-bond acceptors (Lipinski definition) is 8. The van der Waals surface area contributed by atoms with E-state index in [1.807, 2.05) is 24.3 Å². The van der Waals surface area contributed by atoms with Gasteiger partial charge in [-0.1, -0.05) is 6.07 Å². The number of benzene rings is 1. The average Bonchev–Trinajstić information content (AvgIpc) is 3.30. The maximum atomic E-state index is 13.1. The molecule has 5 rings (SSSR count). The molecule has 168 valence electrons. The molecule has 0 saturated carbocycles. The van der Waals surface area contributed by atoms with Crippen molar-refractivity contribution in [1.29, 1.82) is 0 Å². The summed E-state index contributed by atoms with van der Waals surface area (Å²) in [6.45, 7) is 4.40. The Morgan fingerprint density at radius 3 is 2.69 bits per heavy atom. The molecular formula is C23H29N7OS. The Balaban J connectivity index is 1.09. The van der Waals surface area contributed by atoms with Gasteiger partial charge in [0, 0.05) is 37.8 Å². The van der Waals surface area contributed by atoms with Crippen LogP contribution in [0.4, 0.5) is 11.5 Å². The molecule has 0 spiro atoms. The van der Waals surface area contributed by atoms with Crippen LogP contribution < -0.4 is 11.1 Å². The second-order valence-electron chi connectivity index (χ2n) is 8.82. The molecule has 3 N–H and O–H groups in total. The quantitative estimate of drug-likeness (QED) is 0.615. The minimum absolute atomic E-state index is 0.146. The summed E-state index contributed by atoms with van der Waals surface area (Å²) < 4.78 is 8.73. The highest BCUT2D eigenvalue weighted by atomic mass is 32.1. The number of nitrogens with one attached hydrogen (secondary N) is 1. The fraction of sp³-hybridized carbons (Fsp3) is 0.478. The van der Waals surface area contributed by atoms with Gasteiger partial charge < -0.3 is 16.0 Å². The van der Waals surface area contributed by atoms with E-state index >= 15 is 0 Å². The van der Waals surface area contributed by atoms with Crippen molar-refractivity contribution in [2.24, 2.45) is 5.92 Å². The number of pyridine rings is 1. The van der Waals surface area contributed by atoms with Crippen molar-refractivity contribution < 1.29 is 4.79 Å². The molecule has 2 saturated heterocycles. The zero-order valence-corrected chi connectivity index (χ0v) is 18.9. The minimum Gasteiger partial charge on any atom is -0.384 e. The molecule has 0 atom stereocenters. The Morgan fingerprint density at radius 2 is 1.91 bits per heavy atom. The van der Waals surface area contributed by atoms with Crippen LogP contribution in [0.3, 0.4) is 0 Å². The highest BCUT2D eigenvalue weighted by Gasteiger charge is 2.31. The van der Waals surface area contributed by atoms with E-state index in [1.165, 1.54) is 17.3 Å². The van der Waals surface area contributed by atoms with Gasteiger partial charge in [0.25, 0.3) is 0 Å². The van der Waals surface area contributed by atoms with Gasteiger partial charge in [-0.2, -0.15) is 8.75 Å². The number of rotatable bonds is 5. The standard InChI is InChI=1S/C23H29N7OS/c24-21-14-16(4-9-25-21)15-29-10-5-17(6-11-29)23(31)30-12-7-18(8-13-30)26-19-2-1-3-20-22(19)28-32-27-20/h1-4,9,14,17-18,26H,5-8,10-13,15H2,(H2,24,25). The maximum Gasteiger partial charge on any atom is 0.225 e. The number of carbonyl (C=O) groups is 1. The van der Waals surface area contributed by atoms with Gasteiger partial charge in [0.05, 0.1) is 17.4 Å². The Bertz CT molecular complexity index is 1070. The third kappa shape index (κ3) is 4.68. The Morgan fingerprint density at radius 1 is 1.09 bits per heavy atom. The van der Waals surface area contributed by atoms with Crippen LogP contribution in [0.2, 0.25) is 0 Å². The molecule has 32 heavy (non-hydrogen) atoms. The first-order valence-electron chi connectivity index (χ1n) is 11.3. The lowest BCUT2D eigenvalue weighted by Crippen LogP contribution is -2.47. The number of piperidine rings is 2. The van der Waals surface area contributed by atoms with Crippen LogP contribution in [-0.4, -0.2) is 61.7 Å². The van der Waals surface area contributed by atoms with Crippen molar-refractivity contribution in [3.63, 3.8) is 0 Å². The fourth-order valence-corrected chi connectivity index (χ4v) is 5.38. The number of nitrogens with zero attached hydrogens (tertiary/aromatic N) is 5. The first-order valence-corrected chi connectivity index (χ1v) is 12.1. The number of amides is 1. The number of likely N-dealkylation sites (tertiary alicyclic amines) is 2. The maximum absolute atomic E-state index is 13.1. The lowest BCUT2D eigenvalue weighted by molar-refractivity contribution is -0.138. The van der Waals surface area contributed by atoms with Gasteiger partial charge in [0.1, 0.15) is 16.9 Å². The predicted octanol–water partition coefficient (Wildman–Crippen LogP) is 2.98. The highest BCUT2D eigenvalue weighted by molar-refractivity contribution is 7.00. The molecule has 0 bridgehead atoms. The summed E-state index contributed by atoms with van der Waals surface area (Å²) in [6.07, 6.45) is 5.53. The molecule has 0 unspecified atom stereocenters. The molecule has 4 heterocycles. The summed E-state index contributed by atoms with van der Waals surface area (Å²) in [5.41, 5.74) is 9.90. The number of aromatic nitrogens is 3. The van der Waals surface area contributed by atoms with E-state index < -0.39 is 0 Å². The topological polar surface area (TPSA) is 100 Å². The fourth-order valence-electron chi connectivity index (χ4n) is 4.83. The van der Waals surface area contributed by atoms with Crippen LogP contribution in [0.25, 0.3) is 11.0 Å². The summed E-state index contributed by atoms with van der Waals surface area (Å²) in [6, 6.07) is 10.4. The first-order chi connectivity index (χ1) is 15.7. The van der Waals surface area contributed by atoms with E-state index in [2.05, 4.69) is 34.9 Å². The molecule has 0 aliphatic carbocycles. The van der Waals surface area contributed by atoms with Gasteiger partial charge in [-0.25, -0.2) is 4.98 Å². The van der Waals surface area contributed by atoms with Crippen molar-refractivity contribution in [2.45, 2.75) is 38.3 Å². The van der Waals surface area contributed by atoms with E-state index in [9.17, 15) is 4.79 Å². The third-order valence-electron chi connectivity index (χ3n) is 6.64. The van der Waals surface area contributed by atoms with E-state index in [-0.39, 0.29) is 5.92 Å². The van der Waals surface area contributed by atoms with Crippen LogP contribution in [-0.2, 0) is 11.3 Å². The predicted molar refractivity (Wildman–Crippen MR) is 127 cm³/mol. The summed E-state index contributed by atoms with van der Waals surface area (Å²) in [5, 5.41) is 3.63. The molecule has 9 heteroatoms. The molecule has 2 aliphatic rings. The molecular weight excluding hydrogens is 422 g/mol. The van der Waals surface area contributed by atoms with Crippen LogP contribution in [0.5, 0.6) is 0 Å². The Kier molecular flexibility index (Phi) is 6.18. The van der Waals surface area contributed by atoms with Crippen molar-refractivity contribution in [1.82, 2.24) is 23.5 Å². The van der Waals surface area contributed by atoms with Gasteiger partial charge in [0.15, 0.2) is 0 Å². The third-order valence-corrected chi connectivity index (χ3v) is 7.18. The number of anilines is 2. The van der Waals surface area contributed by atoms with Crippen molar-refractivity contribution >= 4 is 40.2 Å². The van der Waals surface area contributed by atoms with Gasteiger partial charge in [0.2, 0.25) is 5.91 Å². The van der Waals surface area contributed by atoms with E-state index in [0.29, 0.717) is 17.8 Å². The molecule has 0 radical (unpaired) electrons. The number of nitrogen functional groups attached to an aromatic ring is 1. The van der Waals surface area contributed by atoms with Crippen LogP contribution in [0.15, 0.2) is 36.5 Å². The van der Waals surface area contributed by atoms with Crippen molar-refractivity contribution in [3.05, 3.63) is 42.1 Å². The summed E-state index contributed by atoms with van der Waals surface area (Å²) >= 11 is 1.25. The molecule has 2 aromatic heterocycles. The Labute approximate surface area is 192 Å². The SMILES string of the molecule is Nc1cc(CN2CCC(C(=O)N3CCC(Nc4cccc5nsnc45)CC3)CC2)ccn1. The largest absolute Gasteiger partial charge is 0.384 e. The summed E-state index contributed by atoms with van der Waals surface area (Å²) in [4.78, 5) is 21.7. The van der Waals surface area contributed by atoms with Crippen molar-refractivity contribution in [3.8, 4) is 0 Å². The van der Waals surface area contributed by atoms with Crippen molar-refractivity contribution in [2.75, 3.05) is 37.2 Å². The number of nitrogens with two attached hydrogens (primary N) is 1. The Hall–Kier alpha value is -2.78. The molecule has 1 amide bonds. The zero-order valence-electron chi connectivity index (χ0n) is 18.1. The number of carbonyl (C=O) groups excluding carboxylic acids is 1. The monoisotopic (exact) mass is 451 g/mol. The minimum atomic E-state index is 0.146. The molecule has 2 fully saturated rings. The van der Waals surface area contributed by atoms with Gasteiger partial charge in [-0.3, -0.25) is 9.69 Å². The van der Waals surface area contributed by atoms with Gasteiger partial charge >= 0.3 is 0 Å². The lowest BCUT2D eigenvalue weighted by atomic mass is 9.93. The molecule has 1 aromatic carbocycles. The normalized spacial score (nSPS) is 18.8. The van der Waals surface area contributed by atoms with Gasteiger partial charge in [-0.15, -0.1) is 0 Å². The number of hydrogen-bond donors (Lipinski definition) is 2. The molecule has 3 aromatic rings. The van der Waals surface area contributed by atoms with E-state index in [0.717, 1.165) is 75.1 Å². The zero-order chi connectivity index (χ0) is 21.9. The first kappa shape index (κ1) is 21.1.